The minimum atomic E-state index is -0.228. The van der Waals surface area contributed by atoms with Gasteiger partial charge in [0.1, 0.15) is 0 Å². The molecule has 0 radical (unpaired) electrons. The van der Waals surface area contributed by atoms with Crippen LogP contribution in [0.15, 0.2) is 54.6 Å². The van der Waals surface area contributed by atoms with Crippen molar-refractivity contribution in [1.29, 1.82) is 0 Å². The number of nitrogens with zero attached hydrogens (tertiary/aromatic N) is 1. The molecule has 1 N–H and O–H groups in total. The molecule has 4 rings (SSSR count). The first kappa shape index (κ1) is 17.8. The number of amides is 3. The van der Waals surface area contributed by atoms with Crippen molar-refractivity contribution in [1.82, 2.24) is 10.2 Å². The highest BCUT2D eigenvalue weighted by atomic mass is 32.2. The molecular weight excluding hydrogens is 360 g/mol. The Morgan fingerprint density at radius 2 is 1.85 bits per heavy atom. The van der Waals surface area contributed by atoms with E-state index in [0.29, 0.717) is 12.1 Å². The van der Waals surface area contributed by atoms with Crippen molar-refractivity contribution in [2.75, 3.05) is 12.3 Å². The van der Waals surface area contributed by atoms with Gasteiger partial charge in [-0.1, -0.05) is 54.2 Å². The van der Waals surface area contributed by atoms with Gasteiger partial charge >= 0.3 is 0 Å². The second-order valence-corrected chi connectivity index (χ2v) is 7.99. The molecule has 5 nitrogen and oxygen atoms in total. The fraction of sp³-hybridized carbons (Fsp3) is 0.286. The average Bonchev–Trinajstić information content (AvgIpc) is 3.44. The van der Waals surface area contributed by atoms with Crippen LogP contribution in [0.1, 0.15) is 34.3 Å². The van der Waals surface area contributed by atoms with Gasteiger partial charge in [-0.15, -0.1) is 0 Å². The smallest absolute Gasteiger partial charge is 0.289 e. The molecule has 0 bridgehead atoms. The van der Waals surface area contributed by atoms with Crippen LogP contribution in [0.25, 0.3) is 0 Å². The molecule has 2 aromatic rings. The van der Waals surface area contributed by atoms with Crippen LogP contribution in [0.4, 0.5) is 4.79 Å². The van der Waals surface area contributed by atoms with E-state index < -0.39 is 0 Å². The van der Waals surface area contributed by atoms with E-state index in [1.165, 1.54) is 10.5 Å². The van der Waals surface area contributed by atoms with Crippen LogP contribution < -0.4 is 5.32 Å². The van der Waals surface area contributed by atoms with E-state index in [9.17, 15) is 14.4 Å². The van der Waals surface area contributed by atoms with E-state index in [2.05, 4.69) is 17.4 Å². The Morgan fingerprint density at radius 1 is 1.07 bits per heavy atom. The lowest BCUT2D eigenvalue weighted by atomic mass is 9.96. The number of benzene rings is 2. The molecule has 1 heterocycles. The van der Waals surface area contributed by atoms with Gasteiger partial charge in [-0.3, -0.25) is 19.3 Å². The lowest BCUT2D eigenvalue weighted by molar-refractivity contribution is -0.125. The third-order valence-corrected chi connectivity index (χ3v) is 6.06. The molecule has 1 aliphatic heterocycles. The van der Waals surface area contributed by atoms with Gasteiger partial charge in [0.15, 0.2) is 0 Å². The summed E-state index contributed by atoms with van der Waals surface area (Å²) in [6.07, 6.45) is 2.16. The molecule has 0 spiro atoms. The summed E-state index contributed by atoms with van der Waals surface area (Å²) in [4.78, 5) is 37.4. The Labute approximate surface area is 162 Å². The predicted octanol–water partition coefficient (Wildman–Crippen LogP) is 3.34. The summed E-state index contributed by atoms with van der Waals surface area (Å²) >= 11 is 1.02. The second-order valence-electron chi connectivity index (χ2n) is 7.06. The van der Waals surface area contributed by atoms with Gasteiger partial charge in [0, 0.05) is 17.5 Å². The summed E-state index contributed by atoms with van der Waals surface area (Å²) in [5, 5.41) is 2.82. The molecule has 3 amide bonds. The van der Waals surface area contributed by atoms with Crippen LogP contribution in [0.3, 0.4) is 0 Å². The number of hydrogen-bond donors (Lipinski definition) is 1. The molecule has 0 atom stereocenters. The lowest BCUT2D eigenvalue weighted by Gasteiger charge is -2.17. The van der Waals surface area contributed by atoms with Gasteiger partial charge in [-0.2, -0.15) is 0 Å². The molecule has 27 heavy (non-hydrogen) atoms. The van der Waals surface area contributed by atoms with Crippen LogP contribution in [-0.2, 0) is 16.8 Å². The van der Waals surface area contributed by atoms with Crippen molar-refractivity contribution in [2.24, 2.45) is 0 Å². The molecule has 6 heteroatoms. The summed E-state index contributed by atoms with van der Waals surface area (Å²) in [6.45, 7) is 0.819. The van der Waals surface area contributed by atoms with E-state index in [0.717, 1.165) is 30.2 Å². The number of carbonyl (C=O) groups is 3. The number of nitrogens with one attached hydrogen (secondary N) is 1. The van der Waals surface area contributed by atoms with Crippen molar-refractivity contribution in [3.05, 3.63) is 71.3 Å². The maximum absolute atomic E-state index is 12.6. The van der Waals surface area contributed by atoms with E-state index in [1.54, 1.807) is 18.2 Å². The molecule has 2 aliphatic rings. The largest absolute Gasteiger partial charge is 0.351 e. The van der Waals surface area contributed by atoms with Crippen molar-refractivity contribution < 1.29 is 14.4 Å². The minimum Gasteiger partial charge on any atom is -0.351 e. The minimum absolute atomic E-state index is 0.0557. The molecule has 1 saturated heterocycles. The Morgan fingerprint density at radius 3 is 2.52 bits per heavy atom. The quantitative estimate of drug-likeness (QED) is 0.835. The summed E-state index contributed by atoms with van der Waals surface area (Å²) in [5.41, 5.74) is 2.64. The molecule has 2 fully saturated rings. The molecule has 0 aromatic heterocycles. The summed E-state index contributed by atoms with van der Waals surface area (Å²) in [5.74, 6) is -0.119. The SMILES string of the molecule is O=C(NCC1(c2ccccc2)CC1)c1cccc(CN2C(=O)CSC2=O)c1. The van der Waals surface area contributed by atoms with E-state index in [-0.39, 0.29) is 34.8 Å². The van der Waals surface area contributed by atoms with Crippen molar-refractivity contribution >= 4 is 28.8 Å². The maximum atomic E-state index is 12.6. The summed E-state index contributed by atoms with van der Waals surface area (Å²) in [6, 6.07) is 17.4. The first-order valence-electron chi connectivity index (χ1n) is 8.97. The van der Waals surface area contributed by atoms with Crippen molar-refractivity contribution in [2.45, 2.75) is 24.8 Å². The number of rotatable bonds is 6. The van der Waals surface area contributed by atoms with Crippen LogP contribution in [-0.4, -0.2) is 34.3 Å². The Hall–Kier alpha value is -2.60. The molecule has 0 unspecified atom stereocenters. The first-order chi connectivity index (χ1) is 13.1. The average molecular weight is 380 g/mol. The fourth-order valence-electron chi connectivity index (χ4n) is 3.39. The molecule has 2 aromatic carbocycles. The molecule has 138 valence electrons. The van der Waals surface area contributed by atoms with Gasteiger partial charge in [-0.05, 0) is 36.1 Å². The van der Waals surface area contributed by atoms with Gasteiger partial charge in [0.05, 0.1) is 12.3 Å². The molecular formula is C21H20N2O3S. The highest BCUT2D eigenvalue weighted by Gasteiger charge is 2.44. The number of thioether (sulfide) groups is 1. The van der Waals surface area contributed by atoms with E-state index >= 15 is 0 Å². The Bertz CT molecular complexity index is 877. The highest BCUT2D eigenvalue weighted by molar-refractivity contribution is 8.14. The monoisotopic (exact) mass is 380 g/mol. The third-order valence-electron chi connectivity index (χ3n) is 5.20. The fourth-order valence-corrected chi connectivity index (χ4v) is 4.11. The third kappa shape index (κ3) is 3.76. The number of imide groups is 1. The van der Waals surface area contributed by atoms with Gasteiger partial charge in [0.2, 0.25) is 5.91 Å². The first-order valence-corrected chi connectivity index (χ1v) is 9.96. The van der Waals surface area contributed by atoms with Crippen molar-refractivity contribution in [3.63, 3.8) is 0 Å². The predicted molar refractivity (Wildman–Crippen MR) is 105 cm³/mol. The number of hydrogen-bond acceptors (Lipinski definition) is 4. The lowest BCUT2D eigenvalue weighted by Crippen LogP contribution is -2.32. The van der Waals surface area contributed by atoms with E-state index in [1.807, 2.05) is 24.3 Å². The topological polar surface area (TPSA) is 66.5 Å². The summed E-state index contributed by atoms with van der Waals surface area (Å²) in [7, 11) is 0. The van der Waals surface area contributed by atoms with Crippen LogP contribution in [0, 0.1) is 0 Å². The zero-order valence-electron chi connectivity index (χ0n) is 14.8. The Balaban J connectivity index is 1.41. The van der Waals surface area contributed by atoms with E-state index in [4.69, 9.17) is 0 Å². The molecule has 1 saturated carbocycles. The number of carbonyl (C=O) groups excluding carboxylic acids is 3. The zero-order valence-corrected chi connectivity index (χ0v) is 15.6. The van der Waals surface area contributed by atoms with Crippen LogP contribution in [0.2, 0.25) is 0 Å². The second kappa shape index (κ2) is 7.19. The highest BCUT2D eigenvalue weighted by Crippen LogP contribution is 2.47. The van der Waals surface area contributed by atoms with Crippen LogP contribution >= 0.6 is 11.8 Å². The Kier molecular flexibility index (Phi) is 4.74. The normalized spacial score (nSPS) is 17.9. The van der Waals surface area contributed by atoms with Gasteiger partial charge in [-0.25, -0.2) is 0 Å². The van der Waals surface area contributed by atoms with Gasteiger partial charge < -0.3 is 5.32 Å². The zero-order chi connectivity index (χ0) is 18.9. The maximum Gasteiger partial charge on any atom is 0.289 e. The molecule has 1 aliphatic carbocycles. The van der Waals surface area contributed by atoms with Gasteiger partial charge in [0.25, 0.3) is 11.1 Å². The van der Waals surface area contributed by atoms with Crippen LogP contribution in [0.5, 0.6) is 0 Å². The summed E-state index contributed by atoms with van der Waals surface area (Å²) < 4.78 is 0. The standard InChI is InChI=1S/C21H20N2O3S/c24-18-13-27-20(26)23(18)12-15-5-4-6-16(11-15)19(25)22-14-21(9-10-21)17-7-2-1-3-8-17/h1-8,11H,9-10,12-14H2,(H,22,25). The van der Waals surface area contributed by atoms with Crippen molar-refractivity contribution in [3.8, 4) is 0 Å².